The van der Waals surface area contributed by atoms with Gasteiger partial charge < -0.3 is 5.73 Å². The van der Waals surface area contributed by atoms with Crippen molar-refractivity contribution in [3.63, 3.8) is 0 Å². The normalized spacial score (nSPS) is 11.6. The highest BCUT2D eigenvalue weighted by Gasteiger charge is 2.19. The number of nitrogens with two attached hydrogens (primary N) is 1. The van der Waals surface area contributed by atoms with Crippen molar-refractivity contribution in [2.24, 2.45) is 0 Å². The molecule has 0 saturated carbocycles. The Morgan fingerprint density at radius 1 is 1.15 bits per heavy atom. The summed E-state index contributed by atoms with van der Waals surface area (Å²) in [5, 5.41) is 0.300. The van der Waals surface area contributed by atoms with Crippen molar-refractivity contribution in [3.8, 4) is 0 Å². The molecule has 0 radical (unpaired) electrons. The Labute approximate surface area is 119 Å². The summed E-state index contributed by atoms with van der Waals surface area (Å²) in [7, 11) is -3.78. The second-order valence-corrected chi connectivity index (χ2v) is 6.66. The zero-order valence-corrected chi connectivity index (χ0v) is 11.8. The number of fused-ring (bicyclic) bond motifs is 1. The number of nitrogen functional groups attached to an aromatic ring is 1. The van der Waals surface area contributed by atoms with Crippen molar-refractivity contribution >= 4 is 42.5 Å². The molecule has 0 aliphatic rings. The van der Waals surface area contributed by atoms with E-state index in [0.29, 0.717) is 5.13 Å². The summed E-state index contributed by atoms with van der Waals surface area (Å²) in [4.78, 5) is 7.94. The Hall–Kier alpha value is -2.19. The number of aromatic nitrogens is 2. The summed E-state index contributed by atoms with van der Waals surface area (Å²) in [6, 6.07) is 10.3. The lowest BCUT2D eigenvalue weighted by Gasteiger charge is -2.06. The van der Waals surface area contributed by atoms with E-state index in [1.807, 2.05) is 24.3 Å². The predicted molar refractivity (Wildman–Crippen MR) is 79.1 cm³/mol. The number of thiazole rings is 1. The van der Waals surface area contributed by atoms with Crippen molar-refractivity contribution in [1.82, 2.24) is 9.97 Å². The third kappa shape index (κ3) is 2.30. The topological polar surface area (TPSA) is 98.0 Å². The molecule has 3 rings (SSSR count). The van der Waals surface area contributed by atoms with Gasteiger partial charge in [0.2, 0.25) is 0 Å². The van der Waals surface area contributed by atoms with E-state index in [4.69, 9.17) is 5.73 Å². The van der Waals surface area contributed by atoms with Crippen molar-refractivity contribution in [2.45, 2.75) is 4.90 Å². The number of hydrogen-bond acceptors (Lipinski definition) is 6. The quantitative estimate of drug-likeness (QED) is 0.772. The Kier molecular flexibility index (Phi) is 3.03. The Morgan fingerprint density at radius 2 is 1.95 bits per heavy atom. The Bertz CT molecular complexity index is 841. The molecule has 6 nitrogen and oxygen atoms in total. The summed E-state index contributed by atoms with van der Waals surface area (Å²) in [5.74, 6) is -0.0406. The van der Waals surface area contributed by atoms with Gasteiger partial charge in [0, 0.05) is 6.20 Å². The predicted octanol–water partition coefficient (Wildman–Crippen LogP) is 2.07. The van der Waals surface area contributed by atoms with Crippen LogP contribution >= 0.6 is 11.3 Å². The van der Waals surface area contributed by atoms with Crippen molar-refractivity contribution in [2.75, 3.05) is 10.5 Å². The fourth-order valence-electron chi connectivity index (χ4n) is 1.72. The van der Waals surface area contributed by atoms with E-state index < -0.39 is 10.0 Å². The molecule has 20 heavy (non-hydrogen) atoms. The minimum absolute atomic E-state index is 0.0406. The number of sulfonamides is 1. The number of benzene rings is 1. The number of hydrogen-bond donors (Lipinski definition) is 2. The van der Waals surface area contributed by atoms with Gasteiger partial charge >= 0.3 is 0 Å². The average Bonchev–Trinajstić information content (AvgIpc) is 2.80. The third-order valence-corrected chi connectivity index (χ3v) is 5.07. The van der Waals surface area contributed by atoms with E-state index in [1.165, 1.54) is 29.7 Å². The molecular formula is C12H10N4O2S2. The maximum Gasteiger partial charge on any atom is 0.267 e. The summed E-state index contributed by atoms with van der Waals surface area (Å²) in [6.45, 7) is 0. The molecule has 3 aromatic rings. The lowest BCUT2D eigenvalue weighted by molar-refractivity contribution is 0.601. The van der Waals surface area contributed by atoms with Crippen LogP contribution in [0.1, 0.15) is 0 Å². The molecule has 8 heteroatoms. The molecule has 0 spiro atoms. The fraction of sp³-hybridized carbons (Fsp3) is 0. The van der Waals surface area contributed by atoms with Gasteiger partial charge in [0.15, 0.2) is 5.13 Å². The van der Waals surface area contributed by atoms with Crippen molar-refractivity contribution in [3.05, 3.63) is 42.6 Å². The molecule has 1 aromatic carbocycles. The first kappa shape index (κ1) is 12.8. The van der Waals surface area contributed by atoms with Crippen LogP contribution in [0.2, 0.25) is 0 Å². The van der Waals surface area contributed by atoms with E-state index in [-0.39, 0.29) is 10.7 Å². The summed E-state index contributed by atoms with van der Waals surface area (Å²) in [5.41, 5.74) is 6.33. The van der Waals surface area contributed by atoms with Gasteiger partial charge in [-0.25, -0.2) is 18.4 Å². The van der Waals surface area contributed by atoms with Crippen LogP contribution in [0.4, 0.5) is 10.9 Å². The molecule has 0 aliphatic carbocycles. The molecule has 3 N–H and O–H groups in total. The van der Waals surface area contributed by atoms with Crippen LogP contribution < -0.4 is 10.5 Å². The van der Waals surface area contributed by atoms with Crippen LogP contribution in [-0.4, -0.2) is 18.4 Å². The van der Waals surface area contributed by atoms with Gasteiger partial charge in [0.25, 0.3) is 10.0 Å². The molecule has 2 heterocycles. The molecule has 102 valence electrons. The smallest absolute Gasteiger partial charge is 0.267 e. The van der Waals surface area contributed by atoms with Crippen molar-refractivity contribution in [1.29, 1.82) is 0 Å². The summed E-state index contributed by atoms with van der Waals surface area (Å²) in [6.07, 6.45) is 1.44. The van der Waals surface area contributed by atoms with Gasteiger partial charge in [-0.2, -0.15) is 0 Å². The third-order valence-electron chi connectivity index (χ3n) is 2.60. The maximum atomic E-state index is 12.2. The molecule has 0 amide bonds. The highest BCUT2D eigenvalue weighted by Crippen LogP contribution is 2.28. The minimum Gasteiger partial charge on any atom is -0.383 e. The first-order valence-electron chi connectivity index (χ1n) is 5.65. The van der Waals surface area contributed by atoms with Gasteiger partial charge in [-0.15, -0.1) is 0 Å². The zero-order chi connectivity index (χ0) is 14.2. The van der Waals surface area contributed by atoms with E-state index in [1.54, 1.807) is 0 Å². The summed E-state index contributed by atoms with van der Waals surface area (Å²) < 4.78 is 27.8. The van der Waals surface area contributed by atoms with E-state index in [9.17, 15) is 8.42 Å². The van der Waals surface area contributed by atoms with Crippen LogP contribution in [0.15, 0.2) is 47.5 Å². The molecule has 0 saturated heterocycles. The van der Waals surface area contributed by atoms with Gasteiger partial charge in [0.1, 0.15) is 10.7 Å². The van der Waals surface area contributed by atoms with Crippen LogP contribution in [-0.2, 0) is 10.0 Å². The molecule has 0 fully saturated rings. The van der Waals surface area contributed by atoms with E-state index in [0.717, 1.165) is 10.2 Å². The van der Waals surface area contributed by atoms with Gasteiger partial charge in [-0.05, 0) is 24.3 Å². The second-order valence-electron chi connectivity index (χ2n) is 3.98. The van der Waals surface area contributed by atoms with Gasteiger partial charge in [-0.3, -0.25) is 4.72 Å². The first-order valence-corrected chi connectivity index (χ1v) is 7.95. The number of para-hydroxylation sites is 1. The standard InChI is InChI=1S/C12H10N4O2S2/c13-11-10(6-3-7-14-11)20(17,18)16-12-15-8-4-1-2-5-9(8)19-12/h1-7H,(H2,13,14)(H,15,16). The largest absolute Gasteiger partial charge is 0.383 e. The Balaban J connectivity index is 1.99. The average molecular weight is 306 g/mol. The Morgan fingerprint density at radius 3 is 2.70 bits per heavy atom. The highest BCUT2D eigenvalue weighted by atomic mass is 32.2. The molecule has 2 aromatic heterocycles. The number of rotatable bonds is 3. The van der Waals surface area contributed by atoms with Crippen LogP contribution in [0.3, 0.4) is 0 Å². The monoisotopic (exact) mass is 306 g/mol. The first-order chi connectivity index (χ1) is 9.56. The van der Waals surface area contributed by atoms with Crippen molar-refractivity contribution < 1.29 is 8.42 Å². The number of anilines is 2. The second kappa shape index (κ2) is 4.73. The fourth-order valence-corrected chi connectivity index (χ4v) is 3.90. The lowest BCUT2D eigenvalue weighted by Crippen LogP contribution is -2.15. The number of nitrogens with one attached hydrogen (secondary N) is 1. The summed E-state index contributed by atoms with van der Waals surface area (Å²) >= 11 is 1.26. The lowest BCUT2D eigenvalue weighted by atomic mass is 10.3. The van der Waals surface area contributed by atoms with Crippen LogP contribution in [0.5, 0.6) is 0 Å². The molecule has 0 atom stereocenters. The molecule has 0 unspecified atom stereocenters. The van der Waals surface area contributed by atoms with Gasteiger partial charge in [-0.1, -0.05) is 23.5 Å². The maximum absolute atomic E-state index is 12.2. The molecular weight excluding hydrogens is 296 g/mol. The van der Waals surface area contributed by atoms with E-state index >= 15 is 0 Å². The van der Waals surface area contributed by atoms with Crippen LogP contribution in [0, 0.1) is 0 Å². The zero-order valence-electron chi connectivity index (χ0n) is 10.1. The minimum atomic E-state index is -3.78. The molecule has 0 aliphatic heterocycles. The molecule has 0 bridgehead atoms. The number of nitrogens with zero attached hydrogens (tertiary/aromatic N) is 2. The SMILES string of the molecule is Nc1ncccc1S(=O)(=O)Nc1nc2ccccc2s1. The number of pyridine rings is 1. The van der Waals surface area contributed by atoms with E-state index in [2.05, 4.69) is 14.7 Å². The van der Waals surface area contributed by atoms with Gasteiger partial charge in [0.05, 0.1) is 10.2 Å². The van der Waals surface area contributed by atoms with Crippen LogP contribution in [0.25, 0.3) is 10.2 Å². The highest BCUT2D eigenvalue weighted by molar-refractivity contribution is 7.93.